The highest BCUT2D eigenvalue weighted by atomic mass is 16.4. The lowest BCUT2D eigenvalue weighted by Crippen LogP contribution is -2.48. The molecule has 1 N–H and O–H groups in total. The van der Waals surface area contributed by atoms with Crippen LogP contribution in [0.15, 0.2) is 6.33 Å². The van der Waals surface area contributed by atoms with Crippen LogP contribution in [-0.2, 0) is 17.6 Å². The molecule has 0 aliphatic heterocycles. The Morgan fingerprint density at radius 2 is 2.12 bits per heavy atom. The number of aliphatic carboxylic acids is 1. The predicted octanol–water partition coefficient (Wildman–Crippen LogP) is 1.26. The SMILES string of the molecule is CN(c1ncnc2c1CCC2)C(C)(C)C(=O)O. The van der Waals surface area contributed by atoms with Crippen molar-refractivity contribution in [1.29, 1.82) is 0 Å². The molecule has 0 saturated carbocycles. The molecule has 5 heteroatoms. The second-order valence-corrected chi connectivity index (χ2v) is 4.90. The Bertz CT molecular complexity index is 457. The largest absolute Gasteiger partial charge is 0.480 e. The van der Waals surface area contributed by atoms with Crippen LogP contribution in [0, 0.1) is 0 Å². The Kier molecular flexibility index (Phi) is 2.77. The molecule has 92 valence electrons. The summed E-state index contributed by atoms with van der Waals surface area (Å²) in [6, 6.07) is 0. The molecule has 1 aromatic rings. The zero-order valence-electron chi connectivity index (χ0n) is 10.4. The van der Waals surface area contributed by atoms with Gasteiger partial charge < -0.3 is 10.0 Å². The number of aryl methyl sites for hydroxylation is 1. The lowest BCUT2D eigenvalue weighted by molar-refractivity contribution is -0.142. The Morgan fingerprint density at radius 3 is 2.76 bits per heavy atom. The van der Waals surface area contributed by atoms with E-state index in [2.05, 4.69) is 9.97 Å². The second kappa shape index (κ2) is 3.98. The first-order chi connectivity index (χ1) is 7.94. The summed E-state index contributed by atoms with van der Waals surface area (Å²) in [6.45, 7) is 3.36. The van der Waals surface area contributed by atoms with Crippen LogP contribution >= 0.6 is 0 Å². The molecule has 0 amide bonds. The van der Waals surface area contributed by atoms with Gasteiger partial charge in [-0.15, -0.1) is 0 Å². The van der Waals surface area contributed by atoms with Gasteiger partial charge in [0.2, 0.25) is 0 Å². The molecule has 0 aromatic carbocycles. The van der Waals surface area contributed by atoms with Crippen molar-refractivity contribution in [3.05, 3.63) is 17.6 Å². The van der Waals surface area contributed by atoms with Crippen molar-refractivity contribution in [3.63, 3.8) is 0 Å². The Labute approximate surface area is 100 Å². The summed E-state index contributed by atoms with van der Waals surface area (Å²) in [5, 5.41) is 9.24. The summed E-state index contributed by atoms with van der Waals surface area (Å²) < 4.78 is 0. The number of hydrogen-bond donors (Lipinski definition) is 1. The normalized spacial score (nSPS) is 14.5. The van der Waals surface area contributed by atoms with Crippen molar-refractivity contribution in [1.82, 2.24) is 9.97 Å². The molecule has 5 nitrogen and oxygen atoms in total. The van der Waals surface area contributed by atoms with Crippen molar-refractivity contribution in [3.8, 4) is 0 Å². The lowest BCUT2D eigenvalue weighted by Gasteiger charge is -2.33. The van der Waals surface area contributed by atoms with Gasteiger partial charge >= 0.3 is 5.97 Å². The van der Waals surface area contributed by atoms with E-state index in [1.165, 1.54) is 6.33 Å². The molecule has 17 heavy (non-hydrogen) atoms. The van der Waals surface area contributed by atoms with Crippen LogP contribution in [0.25, 0.3) is 0 Å². The number of carbonyl (C=O) groups is 1. The van der Waals surface area contributed by atoms with E-state index >= 15 is 0 Å². The van der Waals surface area contributed by atoms with Crippen molar-refractivity contribution >= 4 is 11.8 Å². The summed E-state index contributed by atoms with van der Waals surface area (Å²) in [4.78, 5) is 21.5. The molecule has 1 aliphatic carbocycles. The first-order valence-electron chi connectivity index (χ1n) is 5.74. The van der Waals surface area contributed by atoms with Crippen LogP contribution in [-0.4, -0.2) is 33.6 Å². The summed E-state index contributed by atoms with van der Waals surface area (Å²) in [7, 11) is 1.77. The molecule has 0 radical (unpaired) electrons. The maximum Gasteiger partial charge on any atom is 0.328 e. The fourth-order valence-corrected chi connectivity index (χ4v) is 2.04. The van der Waals surface area contributed by atoms with Crippen LogP contribution in [0.2, 0.25) is 0 Å². The van der Waals surface area contributed by atoms with Gasteiger partial charge in [0.1, 0.15) is 17.7 Å². The van der Waals surface area contributed by atoms with Gasteiger partial charge in [0.15, 0.2) is 0 Å². The van der Waals surface area contributed by atoms with E-state index in [0.717, 1.165) is 36.3 Å². The quantitative estimate of drug-likeness (QED) is 0.854. The molecule has 0 atom stereocenters. The van der Waals surface area contributed by atoms with E-state index < -0.39 is 11.5 Å². The third-order valence-electron chi connectivity index (χ3n) is 3.53. The fourth-order valence-electron chi connectivity index (χ4n) is 2.04. The van der Waals surface area contributed by atoms with E-state index in [0.29, 0.717) is 0 Å². The van der Waals surface area contributed by atoms with Gasteiger partial charge in [-0.05, 0) is 33.1 Å². The summed E-state index contributed by atoms with van der Waals surface area (Å²) in [5.74, 6) is -0.106. The molecule has 2 rings (SSSR count). The number of nitrogens with zero attached hydrogens (tertiary/aromatic N) is 3. The van der Waals surface area contributed by atoms with Gasteiger partial charge in [-0.25, -0.2) is 14.8 Å². The first-order valence-corrected chi connectivity index (χ1v) is 5.74. The zero-order chi connectivity index (χ0) is 12.6. The van der Waals surface area contributed by atoms with Crippen molar-refractivity contribution in [2.45, 2.75) is 38.6 Å². The Hall–Kier alpha value is -1.65. The highest BCUT2D eigenvalue weighted by Crippen LogP contribution is 2.30. The van der Waals surface area contributed by atoms with E-state index in [1.807, 2.05) is 0 Å². The van der Waals surface area contributed by atoms with Gasteiger partial charge in [0.05, 0.1) is 0 Å². The number of carboxylic acid groups (broad SMARTS) is 1. The maximum absolute atomic E-state index is 11.3. The van der Waals surface area contributed by atoms with Gasteiger partial charge in [-0.3, -0.25) is 0 Å². The topological polar surface area (TPSA) is 66.3 Å². The standard InChI is InChI=1S/C12H17N3O2/c1-12(2,11(16)17)15(3)10-8-5-4-6-9(8)13-7-14-10/h7H,4-6H2,1-3H3,(H,16,17). The lowest BCUT2D eigenvalue weighted by atomic mass is 10.0. The third-order valence-corrected chi connectivity index (χ3v) is 3.53. The van der Waals surface area contributed by atoms with Crippen molar-refractivity contribution in [2.75, 3.05) is 11.9 Å². The minimum atomic E-state index is -0.968. The van der Waals surface area contributed by atoms with Crippen molar-refractivity contribution in [2.24, 2.45) is 0 Å². The molecule has 1 aliphatic rings. The summed E-state index contributed by atoms with van der Waals surface area (Å²) in [6.07, 6.45) is 4.49. The number of carboxylic acids is 1. The zero-order valence-corrected chi connectivity index (χ0v) is 10.4. The summed E-state index contributed by atoms with van der Waals surface area (Å²) in [5.41, 5.74) is 1.19. The first kappa shape index (κ1) is 11.8. The van der Waals surface area contributed by atoms with Gasteiger partial charge in [-0.1, -0.05) is 0 Å². The summed E-state index contributed by atoms with van der Waals surface area (Å²) >= 11 is 0. The number of hydrogen-bond acceptors (Lipinski definition) is 4. The number of likely N-dealkylation sites (N-methyl/N-ethyl adjacent to an activating group) is 1. The van der Waals surface area contributed by atoms with Gasteiger partial charge in [0.25, 0.3) is 0 Å². The molecular weight excluding hydrogens is 218 g/mol. The van der Waals surface area contributed by atoms with Crippen LogP contribution in [0.4, 0.5) is 5.82 Å². The average molecular weight is 235 g/mol. The highest BCUT2D eigenvalue weighted by Gasteiger charge is 2.35. The van der Waals surface area contributed by atoms with E-state index in [9.17, 15) is 9.90 Å². The van der Waals surface area contributed by atoms with Gasteiger partial charge in [-0.2, -0.15) is 0 Å². The minimum absolute atomic E-state index is 0.750. The third kappa shape index (κ3) is 1.85. The number of aromatic nitrogens is 2. The van der Waals surface area contributed by atoms with Crippen LogP contribution in [0.5, 0.6) is 0 Å². The smallest absolute Gasteiger partial charge is 0.328 e. The van der Waals surface area contributed by atoms with E-state index in [1.54, 1.807) is 25.8 Å². The second-order valence-electron chi connectivity index (χ2n) is 4.90. The molecule has 1 heterocycles. The van der Waals surface area contributed by atoms with Crippen molar-refractivity contribution < 1.29 is 9.90 Å². The van der Waals surface area contributed by atoms with E-state index in [-0.39, 0.29) is 0 Å². The maximum atomic E-state index is 11.3. The number of fused-ring (bicyclic) bond motifs is 1. The van der Waals surface area contributed by atoms with Crippen LogP contribution < -0.4 is 4.90 Å². The molecule has 0 unspecified atom stereocenters. The Morgan fingerprint density at radius 1 is 1.41 bits per heavy atom. The fraction of sp³-hybridized carbons (Fsp3) is 0.583. The van der Waals surface area contributed by atoms with E-state index in [4.69, 9.17) is 0 Å². The number of anilines is 1. The Balaban J connectivity index is 2.42. The van der Waals surface area contributed by atoms with Gasteiger partial charge in [0, 0.05) is 18.3 Å². The minimum Gasteiger partial charge on any atom is -0.480 e. The molecule has 1 aromatic heterocycles. The molecular formula is C12H17N3O2. The molecule has 0 saturated heterocycles. The average Bonchev–Trinajstić information content (AvgIpc) is 2.75. The monoisotopic (exact) mass is 235 g/mol. The van der Waals surface area contributed by atoms with Crippen LogP contribution in [0.3, 0.4) is 0 Å². The molecule has 0 fully saturated rings. The predicted molar refractivity (Wildman–Crippen MR) is 64.2 cm³/mol. The number of rotatable bonds is 3. The molecule has 0 bridgehead atoms. The highest BCUT2D eigenvalue weighted by molar-refractivity contribution is 5.82. The van der Waals surface area contributed by atoms with Crippen LogP contribution in [0.1, 0.15) is 31.5 Å². The molecule has 0 spiro atoms.